The van der Waals surface area contributed by atoms with Gasteiger partial charge in [-0.1, -0.05) is 35.9 Å². The molecular formula is C16H14ClNO4S. The van der Waals surface area contributed by atoms with Gasteiger partial charge >= 0.3 is 0 Å². The fourth-order valence-corrected chi connectivity index (χ4v) is 3.67. The number of furan rings is 1. The fraction of sp³-hybridized carbons (Fsp3) is 0.125. The van der Waals surface area contributed by atoms with Crippen LogP contribution in [0.3, 0.4) is 0 Å². The van der Waals surface area contributed by atoms with Crippen molar-refractivity contribution >= 4 is 32.6 Å². The number of rotatable bonds is 4. The van der Waals surface area contributed by atoms with Gasteiger partial charge in [-0.2, -0.15) is 0 Å². The highest BCUT2D eigenvalue weighted by atomic mass is 35.5. The Labute approximate surface area is 138 Å². The largest absolute Gasteiger partial charge is 0.505 e. The predicted molar refractivity (Wildman–Crippen MR) is 88.1 cm³/mol. The van der Waals surface area contributed by atoms with Crippen LogP contribution in [0.15, 0.2) is 51.8 Å². The lowest BCUT2D eigenvalue weighted by atomic mass is 10.1. The smallest absolute Gasteiger partial charge is 0.244 e. The number of phenols is 1. The number of phenolic OH excluding ortho intramolecular Hbond substituents is 1. The van der Waals surface area contributed by atoms with E-state index in [1.54, 1.807) is 0 Å². The molecule has 0 aliphatic carbocycles. The summed E-state index contributed by atoms with van der Waals surface area (Å²) < 4.78 is 32.8. The van der Waals surface area contributed by atoms with Crippen molar-refractivity contribution in [2.45, 2.75) is 18.4 Å². The van der Waals surface area contributed by atoms with Gasteiger partial charge in [-0.3, -0.25) is 0 Å². The van der Waals surface area contributed by atoms with Gasteiger partial charge in [0.1, 0.15) is 16.2 Å². The third-order valence-corrected chi connectivity index (χ3v) is 5.34. The molecule has 5 nitrogen and oxygen atoms in total. The second kappa shape index (κ2) is 5.88. The van der Waals surface area contributed by atoms with Crippen molar-refractivity contribution in [1.29, 1.82) is 0 Å². The van der Waals surface area contributed by atoms with E-state index in [1.807, 2.05) is 31.2 Å². The van der Waals surface area contributed by atoms with Crippen LogP contribution in [0.2, 0.25) is 5.02 Å². The Kier molecular flexibility index (Phi) is 4.06. The molecule has 2 aromatic carbocycles. The van der Waals surface area contributed by atoms with Gasteiger partial charge in [-0.05, 0) is 30.7 Å². The molecule has 7 heteroatoms. The number of benzene rings is 2. The van der Waals surface area contributed by atoms with Crippen LogP contribution < -0.4 is 4.72 Å². The quantitative estimate of drug-likeness (QED) is 0.753. The standard InChI is InChI=1S/C16H14ClNO4S/c1-10-11-5-2-3-7-13(11)22-14(10)9-18-23(20,21)15-8-4-6-12(17)16(15)19/h2-8,18-19H,9H2,1H3. The number of para-hydroxylation sites is 2. The number of aromatic hydroxyl groups is 1. The molecule has 0 atom stereocenters. The van der Waals surface area contributed by atoms with Crippen LogP contribution in [-0.4, -0.2) is 13.5 Å². The monoisotopic (exact) mass is 351 g/mol. The normalized spacial score (nSPS) is 11.9. The molecule has 2 N–H and O–H groups in total. The maximum Gasteiger partial charge on any atom is 0.244 e. The predicted octanol–water partition coefficient (Wildman–Crippen LogP) is 3.58. The molecule has 0 fully saturated rings. The van der Waals surface area contributed by atoms with Gasteiger partial charge in [-0.15, -0.1) is 0 Å². The minimum atomic E-state index is -3.91. The molecule has 0 unspecified atom stereocenters. The lowest BCUT2D eigenvalue weighted by Gasteiger charge is -2.08. The first-order chi connectivity index (χ1) is 10.9. The molecule has 1 heterocycles. The molecular weight excluding hydrogens is 338 g/mol. The van der Waals surface area contributed by atoms with E-state index in [2.05, 4.69) is 4.72 Å². The third-order valence-electron chi connectivity index (χ3n) is 3.60. The number of aryl methyl sites for hydroxylation is 1. The number of hydrogen-bond donors (Lipinski definition) is 2. The summed E-state index contributed by atoms with van der Waals surface area (Å²) in [6.45, 7) is 1.85. The summed E-state index contributed by atoms with van der Waals surface area (Å²) in [5.74, 6) is 0.0549. The number of fused-ring (bicyclic) bond motifs is 1. The molecule has 0 radical (unpaired) electrons. The van der Waals surface area contributed by atoms with E-state index in [1.165, 1.54) is 18.2 Å². The molecule has 0 spiro atoms. The van der Waals surface area contributed by atoms with Gasteiger partial charge in [0, 0.05) is 5.39 Å². The Bertz CT molecular complexity index is 979. The van der Waals surface area contributed by atoms with E-state index in [0.717, 1.165) is 10.9 Å². The van der Waals surface area contributed by atoms with Crippen molar-refractivity contribution in [2.75, 3.05) is 0 Å². The number of hydrogen-bond acceptors (Lipinski definition) is 4. The minimum Gasteiger partial charge on any atom is -0.505 e. The second-order valence-corrected chi connectivity index (χ2v) is 7.20. The summed E-state index contributed by atoms with van der Waals surface area (Å²) in [7, 11) is -3.91. The minimum absolute atomic E-state index is 0.0190. The third kappa shape index (κ3) is 2.93. The molecule has 0 amide bonds. The van der Waals surface area contributed by atoms with E-state index in [9.17, 15) is 13.5 Å². The van der Waals surface area contributed by atoms with Gasteiger partial charge in [0.2, 0.25) is 10.0 Å². The summed E-state index contributed by atoms with van der Waals surface area (Å²) in [6.07, 6.45) is 0. The lowest BCUT2D eigenvalue weighted by Crippen LogP contribution is -2.23. The SMILES string of the molecule is Cc1c(CNS(=O)(=O)c2cccc(Cl)c2O)oc2ccccc12. The Hall–Kier alpha value is -2.02. The van der Waals surface area contributed by atoms with Crippen LogP contribution >= 0.6 is 11.6 Å². The number of sulfonamides is 1. The zero-order valence-electron chi connectivity index (χ0n) is 12.2. The number of nitrogens with one attached hydrogen (secondary N) is 1. The molecule has 0 aliphatic rings. The highest BCUT2D eigenvalue weighted by Gasteiger charge is 2.21. The first-order valence-electron chi connectivity index (χ1n) is 6.84. The average Bonchev–Trinajstić information content (AvgIpc) is 2.85. The van der Waals surface area contributed by atoms with Crippen molar-refractivity contribution in [1.82, 2.24) is 4.72 Å². The maximum atomic E-state index is 12.3. The van der Waals surface area contributed by atoms with Gasteiger partial charge in [0.05, 0.1) is 11.6 Å². The highest BCUT2D eigenvalue weighted by molar-refractivity contribution is 7.89. The summed E-state index contributed by atoms with van der Waals surface area (Å²) in [4.78, 5) is -0.265. The van der Waals surface area contributed by atoms with Crippen LogP contribution in [0.1, 0.15) is 11.3 Å². The lowest BCUT2D eigenvalue weighted by molar-refractivity contribution is 0.457. The topological polar surface area (TPSA) is 79.5 Å². The Morgan fingerprint density at radius 3 is 2.65 bits per heavy atom. The van der Waals surface area contributed by atoms with Crippen LogP contribution in [0.5, 0.6) is 5.75 Å². The molecule has 23 heavy (non-hydrogen) atoms. The zero-order valence-corrected chi connectivity index (χ0v) is 13.8. The Morgan fingerprint density at radius 1 is 1.17 bits per heavy atom. The molecule has 0 aliphatic heterocycles. The van der Waals surface area contributed by atoms with E-state index in [-0.39, 0.29) is 16.5 Å². The summed E-state index contributed by atoms with van der Waals surface area (Å²) in [6, 6.07) is 11.6. The molecule has 0 bridgehead atoms. The molecule has 120 valence electrons. The van der Waals surface area contributed by atoms with Crippen molar-refractivity contribution in [3.05, 3.63) is 58.8 Å². The van der Waals surface area contributed by atoms with E-state index in [4.69, 9.17) is 16.0 Å². The second-order valence-electron chi connectivity index (χ2n) is 5.06. The molecule has 0 saturated heterocycles. The average molecular weight is 352 g/mol. The maximum absolute atomic E-state index is 12.3. The van der Waals surface area contributed by atoms with Crippen LogP contribution in [0.25, 0.3) is 11.0 Å². The molecule has 0 saturated carbocycles. The molecule has 3 rings (SSSR count). The van der Waals surface area contributed by atoms with Crippen molar-refractivity contribution in [3.63, 3.8) is 0 Å². The van der Waals surface area contributed by atoms with Crippen molar-refractivity contribution in [2.24, 2.45) is 0 Å². The Balaban J connectivity index is 1.89. The van der Waals surface area contributed by atoms with Crippen LogP contribution in [-0.2, 0) is 16.6 Å². The first kappa shape index (κ1) is 15.9. The molecule has 3 aromatic rings. The fourth-order valence-electron chi connectivity index (χ4n) is 2.34. The van der Waals surface area contributed by atoms with Crippen LogP contribution in [0.4, 0.5) is 0 Å². The molecule has 1 aromatic heterocycles. The van der Waals surface area contributed by atoms with Gasteiger partial charge < -0.3 is 9.52 Å². The van der Waals surface area contributed by atoms with Crippen molar-refractivity contribution in [3.8, 4) is 5.75 Å². The summed E-state index contributed by atoms with van der Waals surface area (Å²) in [5.41, 5.74) is 1.57. The first-order valence-corrected chi connectivity index (χ1v) is 8.70. The summed E-state index contributed by atoms with van der Waals surface area (Å²) >= 11 is 5.75. The number of halogens is 1. The van der Waals surface area contributed by atoms with Gasteiger partial charge in [0.25, 0.3) is 0 Å². The zero-order chi connectivity index (χ0) is 16.6. The highest BCUT2D eigenvalue weighted by Crippen LogP contribution is 2.31. The van der Waals surface area contributed by atoms with E-state index < -0.39 is 15.8 Å². The van der Waals surface area contributed by atoms with Crippen molar-refractivity contribution < 1.29 is 17.9 Å². The van der Waals surface area contributed by atoms with Gasteiger partial charge in [-0.25, -0.2) is 13.1 Å². The van der Waals surface area contributed by atoms with Gasteiger partial charge in [0.15, 0.2) is 5.75 Å². The Morgan fingerprint density at radius 2 is 1.91 bits per heavy atom. The van der Waals surface area contributed by atoms with Crippen LogP contribution in [0, 0.1) is 6.92 Å². The van der Waals surface area contributed by atoms with E-state index >= 15 is 0 Å². The van der Waals surface area contributed by atoms with E-state index in [0.29, 0.717) is 11.3 Å². The summed E-state index contributed by atoms with van der Waals surface area (Å²) in [5, 5.41) is 10.7.